The predicted octanol–water partition coefficient (Wildman–Crippen LogP) is 2.55. The van der Waals surface area contributed by atoms with Gasteiger partial charge in [-0.05, 0) is 26.0 Å². The molecule has 0 amide bonds. The fourth-order valence-electron chi connectivity index (χ4n) is 1.64. The highest BCUT2D eigenvalue weighted by atomic mass is 32.2. The Morgan fingerprint density at radius 1 is 1.25 bits per heavy atom. The van der Waals surface area contributed by atoms with Gasteiger partial charge in [-0.25, -0.2) is 0 Å². The van der Waals surface area contributed by atoms with Crippen molar-refractivity contribution in [1.29, 1.82) is 0 Å². The van der Waals surface area contributed by atoms with Crippen molar-refractivity contribution < 1.29 is 10.2 Å². The Kier molecular flexibility index (Phi) is 4.84. The summed E-state index contributed by atoms with van der Waals surface area (Å²) in [6.07, 6.45) is -0.525. The number of thioether (sulfide) groups is 1. The molecule has 0 unspecified atom stereocenters. The number of aliphatic hydroxyl groups excluding tert-OH is 2. The standard InChI is InChI=1S/C13H20O2S/c1-10(9-14)12(15)13(2,3)16-11-7-5-4-6-8-11/h4-8,10,12,14-15H,9H2,1-3H3/t10-,12-/m0/s1. The topological polar surface area (TPSA) is 40.5 Å². The molecule has 0 aliphatic heterocycles. The van der Waals surface area contributed by atoms with Crippen LogP contribution in [0.5, 0.6) is 0 Å². The predicted molar refractivity (Wildman–Crippen MR) is 68.6 cm³/mol. The minimum absolute atomic E-state index is 0.0138. The number of hydrogen-bond donors (Lipinski definition) is 2. The normalized spacial score (nSPS) is 15.8. The second-order valence-corrected chi connectivity index (χ2v) is 6.35. The highest BCUT2D eigenvalue weighted by Gasteiger charge is 2.32. The van der Waals surface area contributed by atoms with Gasteiger partial charge in [-0.3, -0.25) is 0 Å². The lowest BCUT2D eigenvalue weighted by molar-refractivity contribution is 0.0550. The van der Waals surface area contributed by atoms with Crippen molar-refractivity contribution in [3.63, 3.8) is 0 Å². The van der Waals surface area contributed by atoms with Crippen LogP contribution in [0.15, 0.2) is 35.2 Å². The zero-order valence-corrected chi connectivity index (χ0v) is 10.9. The molecule has 0 saturated carbocycles. The summed E-state index contributed by atoms with van der Waals surface area (Å²) in [6.45, 7) is 5.88. The molecule has 2 atom stereocenters. The van der Waals surface area contributed by atoms with Crippen LogP contribution in [0.4, 0.5) is 0 Å². The number of aliphatic hydroxyl groups is 2. The van der Waals surface area contributed by atoms with Crippen molar-refractivity contribution in [2.75, 3.05) is 6.61 Å². The van der Waals surface area contributed by atoms with Gasteiger partial charge < -0.3 is 10.2 Å². The Bertz CT molecular complexity index is 311. The van der Waals surface area contributed by atoms with Gasteiger partial charge in [0, 0.05) is 22.2 Å². The molecule has 1 rings (SSSR count). The fraction of sp³-hybridized carbons (Fsp3) is 0.538. The third kappa shape index (κ3) is 3.51. The maximum atomic E-state index is 10.1. The summed E-state index contributed by atoms with van der Waals surface area (Å²) in [5.41, 5.74) is 0. The first-order valence-corrected chi connectivity index (χ1v) is 6.32. The van der Waals surface area contributed by atoms with Crippen molar-refractivity contribution >= 4 is 11.8 Å². The number of hydrogen-bond acceptors (Lipinski definition) is 3. The van der Waals surface area contributed by atoms with Crippen molar-refractivity contribution in [3.05, 3.63) is 30.3 Å². The fourth-order valence-corrected chi connectivity index (χ4v) is 2.89. The summed E-state index contributed by atoms with van der Waals surface area (Å²) in [6, 6.07) is 10.0. The average Bonchev–Trinajstić information content (AvgIpc) is 2.27. The van der Waals surface area contributed by atoms with Crippen LogP contribution in [0, 0.1) is 5.92 Å². The molecule has 0 spiro atoms. The van der Waals surface area contributed by atoms with Crippen molar-refractivity contribution in [2.24, 2.45) is 5.92 Å². The van der Waals surface area contributed by atoms with Gasteiger partial charge in [-0.1, -0.05) is 25.1 Å². The summed E-state index contributed by atoms with van der Waals surface area (Å²) in [5.74, 6) is -0.105. The Hall–Kier alpha value is -0.510. The molecule has 0 bridgehead atoms. The van der Waals surface area contributed by atoms with Crippen molar-refractivity contribution in [2.45, 2.75) is 36.5 Å². The molecule has 2 nitrogen and oxygen atoms in total. The van der Waals surface area contributed by atoms with E-state index in [0.717, 1.165) is 4.90 Å². The molecule has 0 aromatic heterocycles. The van der Waals surface area contributed by atoms with Crippen LogP contribution in [0.3, 0.4) is 0 Å². The van der Waals surface area contributed by atoms with Crippen LogP contribution < -0.4 is 0 Å². The van der Waals surface area contributed by atoms with Crippen molar-refractivity contribution in [3.8, 4) is 0 Å². The minimum atomic E-state index is -0.525. The first-order chi connectivity index (χ1) is 7.47. The van der Waals surface area contributed by atoms with Gasteiger partial charge in [0.25, 0.3) is 0 Å². The van der Waals surface area contributed by atoms with Gasteiger partial charge in [-0.15, -0.1) is 11.8 Å². The van der Waals surface area contributed by atoms with E-state index in [4.69, 9.17) is 5.11 Å². The summed E-state index contributed by atoms with van der Waals surface area (Å²) in [4.78, 5) is 1.14. The summed E-state index contributed by atoms with van der Waals surface area (Å²) >= 11 is 1.64. The molecule has 3 heteroatoms. The lowest BCUT2D eigenvalue weighted by atomic mass is 9.95. The lowest BCUT2D eigenvalue weighted by Crippen LogP contribution is -2.39. The molecule has 1 aromatic carbocycles. The van der Waals surface area contributed by atoms with Crippen LogP contribution in [0.1, 0.15) is 20.8 Å². The molecular formula is C13H20O2S. The average molecular weight is 240 g/mol. The quantitative estimate of drug-likeness (QED) is 0.777. The number of rotatable bonds is 5. The van der Waals surface area contributed by atoms with E-state index in [9.17, 15) is 5.11 Å². The molecule has 1 aromatic rings. The van der Waals surface area contributed by atoms with E-state index in [-0.39, 0.29) is 17.3 Å². The third-order valence-corrected chi connectivity index (χ3v) is 3.94. The molecule has 2 N–H and O–H groups in total. The van der Waals surface area contributed by atoms with E-state index < -0.39 is 6.10 Å². The molecule has 0 aliphatic carbocycles. The van der Waals surface area contributed by atoms with Gasteiger partial charge in [0.15, 0.2) is 0 Å². The molecular weight excluding hydrogens is 220 g/mol. The molecule has 90 valence electrons. The van der Waals surface area contributed by atoms with E-state index in [1.165, 1.54) is 0 Å². The lowest BCUT2D eigenvalue weighted by Gasteiger charge is -2.33. The Morgan fingerprint density at radius 2 is 1.81 bits per heavy atom. The maximum absolute atomic E-state index is 10.1. The van der Waals surface area contributed by atoms with Crippen LogP contribution in [-0.4, -0.2) is 27.7 Å². The second-order valence-electron chi connectivity index (χ2n) is 4.62. The Balaban J connectivity index is 2.71. The largest absolute Gasteiger partial charge is 0.396 e. The second kappa shape index (κ2) is 5.71. The smallest absolute Gasteiger partial charge is 0.0732 e. The van der Waals surface area contributed by atoms with Crippen LogP contribution in [0.2, 0.25) is 0 Å². The van der Waals surface area contributed by atoms with E-state index in [2.05, 4.69) is 0 Å². The van der Waals surface area contributed by atoms with E-state index in [1.54, 1.807) is 11.8 Å². The highest BCUT2D eigenvalue weighted by molar-refractivity contribution is 8.00. The summed E-state index contributed by atoms with van der Waals surface area (Å²) < 4.78 is -0.302. The van der Waals surface area contributed by atoms with E-state index in [1.807, 2.05) is 51.1 Å². The first kappa shape index (κ1) is 13.6. The monoisotopic (exact) mass is 240 g/mol. The molecule has 0 saturated heterocycles. The Morgan fingerprint density at radius 3 is 2.31 bits per heavy atom. The van der Waals surface area contributed by atoms with Gasteiger partial charge in [0.2, 0.25) is 0 Å². The molecule has 0 heterocycles. The molecule has 0 aliphatic rings. The number of benzene rings is 1. The third-order valence-electron chi connectivity index (χ3n) is 2.66. The maximum Gasteiger partial charge on any atom is 0.0732 e. The molecule has 0 radical (unpaired) electrons. The van der Waals surface area contributed by atoms with Gasteiger partial charge in [-0.2, -0.15) is 0 Å². The van der Waals surface area contributed by atoms with Crippen LogP contribution >= 0.6 is 11.8 Å². The van der Waals surface area contributed by atoms with Gasteiger partial charge >= 0.3 is 0 Å². The highest BCUT2D eigenvalue weighted by Crippen LogP contribution is 2.37. The minimum Gasteiger partial charge on any atom is -0.396 e. The van der Waals surface area contributed by atoms with Crippen LogP contribution in [0.25, 0.3) is 0 Å². The molecule has 16 heavy (non-hydrogen) atoms. The Labute approximate surface area is 102 Å². The van der Waals surface area contributed by atoms with Gasteiger partial charge in [0.1, 0.15) is 0 Å². The van der Waals surface area contributed by atoms with Gasteiger partial charge in [0.05, 0.1) is 6.10 Å². The van der Waals surface area contributed by atoms with E-state index in [0.29, 0.717) is 0 Å². The first-order valence-electron chi connectivity index (χ1n) is 5.50. The van der Waals surface area contributed by atoms with E-state index >= 15 is 0 Å². The molecule has 0 fully saturated rings. The summed E-state index contributed by atoms with van der Waals surface area (Å²) in [5, 5.41) is 19.2. The summed E-state index contributed by atoms with van der Waals surface area (Å²) in [7, 11) is 0. The zero-order valence-electron chi connectivity index (χ0n) is 10.1. The van der Waals surface area contributed by atoms with Crippen LogP contribution in [-0.2, 0) is 0 Å². The SMILES string of the molecule is C[C@@H](CO)[C@H](O)C(C)(C)Sc1ccccc1. The van der Waals surface area contributed by atoms with Crippen molar-refractivity contribution in [1.82, 2.24) is 0 Å². The zero-order chi connectivity index (χ0) is 12.2.